The molecule has 4 nitrogen and oxygen atoms in total. The fourth-order valence-electron chi connectivity index (χ4n) is 1.86. The molecule has 1 aromatic heterocycles. The van der Waals surface area contributed by atoms with Gasteiger partial charge in [-0.2, -0.15) is 5.10 Å². The molecule has 2 heterocycles. The monoisotopic (exact) mass is 209 g/mol. The fourth-order valence-corrected chi connectivity index (χ4v) is 1.86. The maximum atomic E-state index is 5.37. The highest BCUT2D eigenvalue weighted by Gasteiger charge is 2.26. The largest absolute Gasteiger partial charge is 0.381 e. The molecule has 2 N–H and O–H groups in total. The quantitative estimate of drug-likeness (QED) is 0.790. The van der Waals surface area contributed by atoms with E-state index in [1.165, 1.54) is 5.56 Å². The van der Waals surface area contributed by atoms with Crippen LogP contribution in [0.4, 0.5) is 0 Å². The van der Waals surface area contributed by atoms with Crippen molar-refractivity contribution in [3.05, 3.63) is 17.5 Å². The number of nitrogens with one attached hydrogen (secondary N) is 2. The van der Waals surface area contributed by atoms with E-state index in [2.05, 4.69) is 29.4 Å². The van der Waals surface area contributed by atoms with Gasteiger partial charge >= 0.3 is 0 Å². The van der Waals surface area contributed by atoms with Gasteiger partial charge in [-0.25, -0.2) is 0 Å². The summed E-state index contributed by atoms with van der Waals surface area (Å²) in [5.74, 6) is 0. The van der Waals surface area contributed by atoms with Gasteiger partial charge in [-0.3, -0.25) is 5.10 Å². The number of aromatic amines is 1. The molecule has 1 aromatic rings. The molecule has 0 unspecified atom stereocenters. The number of hydrogen-bond donors (Lipinski definition) is 2. The maximum absolute atomic E-state index is 5.37. The van der Waals surface area contributed by atoms with Crippen LogP contribution in [-0.4, -0.2) is 29.0 Å². The normalized spacial score (nSPS) is 20.4. The summed E-state index contributed by atoms with van der Waals surface area (Å²) in [5, 5.41) is 10.6. The molecular formula is C11H19N3O. The van der Waals surface area contributed by atoms with Crippen LogP contribution in [0, 0.1) is 6.92 Å². The molecule has 0 atom stereocenters. The Labute approximate surface area is 90.4 Å². The first-order valence-electron chi connectivity index (χ1n) is 5.51. The van der Waals surface area contributed by atoms with Crippen LogP contribution < -0.4 is 5.32 Å². The van der Waals surface area contributed by atoms with E-state index in [0.717, 1.165) is 38.3 Å². The van der Waals surface area contributed by atoms with Crippen molar-refractivity contribution < 1.29 is 4.74 Å². The second-order valence-electron chi connectivity index (χ2n) is 4.55. The lowest BCUT2D eigenvalue weighted by Crippen LogP contribution is -2.46. The molecule has 1 saturated heterocycles. The minimum atomic E-state index is 0.224. The smallest absolute Gasteiger partial charge is 0.0535 e. The minimum absolute atomic E-state index is 0.224. The van der Waals surface area contributed by atoms with Crippen LogP contribution in [0.1, 0.15) is 31.0 Å². The second-order valence-corrected chi connectivity index (χ2v) is 4.55. The average Bonchev–Trinajstić information content (AvgIpc) is 2.62. The van der Waals surface area contributed by atoms with Gasteiger partial charge in [0.2, 0.25) is 0 Å². The van der Waals surface area contributed by atoms with E-state index < -0.39 is 0 Å². The first-order valence-corrected chi connectivity index (χ1v) is 5.51. The fraction of sp³-hybridized carbons (Fsp3) is 0.727. The van der Waals surface area contributed by atoms with E-state index in [-0.39, 0.29) is 5.54 Å². The Morgan fingerprint density at radius 3 is 2.87 bits per heavy atom. The molecule has 1 fully saturated rings. The summed E-state index contributed by atoms with van der Waals surface area (Å²) in [5.41, 5.74) is 2.63. The van der Waals surface area contributed by atoms with Crippen LogP contribution in [0.2, 0.25) is 0 Å². The Kier molecular flexibility index (Phi) is 3.07. The van der Waals surface area contributed by atoms with Crippen molar-refractivity contribution in [3.8, 4) is 0 Å². The summed E-state index contributed by atoms with van der Waals surface area (Å²) in [4.78, 5) is 0. The van der Waals surface area contributed by atoms with E-state index in [4.69, 9.17) is 4.74 Å². The summed E-state index contributed by atoms with van der Waals surface area (Å²) >= 11 is 0. The molecular weight excluding hydrogens is 190 g/mol. The molecule has 1 aliphatic rings. The molecule has 0 amide bonds. The molecule has 0 bridgehead atoms. The van der Waals surface area contributed by atoms with E-state index in [9.17, 15) is 0 Å². The second kappa shape index (κ2) is 4.33. The molecule has 84 valence electrons. The topological polar surface area (TPSA) is 49.9 Å². The van der Waals surface area contributed by atoms with Crippen molar-refractivity contribution in [2.75, 3.05) is 13.2 Å². The van der Waals surface area contributed by atoms with Crippen molar-refractivity contribution in [1.29, 1.82) is 0 Å². The van der Waals surface area contributed by atoms with Crippen molar-refractivity contribution in [3.63, 3.8) is 0 Å². The van der Waals surface area contributed by atoms with E-state index >= 15 is 0 Å². The minimum Gasteiger partial charge on any atom is -0.381 e. The lowest BCUT2D eigenvalue weighted by molar-refractivity contribution is 0.0446. The Hall–Kier alpha value is -0.870. The van der Waals surface area contributed by atoms with Crippen LogP contribution >= 0.6 is 0 Å². The van der Waals surface area contributed by atoms with Gasteiger partial charge in [0.25, 0.3) is 0 Å². The zero-order valence-electron chi connectivity index (χ0n) is 9.47. The molecule has 1 aliphatic heterocycles. The van der Waals surface area contributed by atoms with Crippen LogP contribution in [-0.2, 0) is 11.3 Å². The molecule has 2 rings (SSSR count). The number of H-pyrrole nitrogens is 1. The third-order valence-corrected chi connectivity index (χ3v) is 3.24. The number of nitrogens with zero attached hydrogens (tertiary/aromatic N) is 1. The predicted octanol–water partition coefficient (Wildman–Crippen LogP) is 1.38. The maximum Gasteiger partial charge on any atom is 0.0535 e. The molecule has 0 radical (unpaired) electrons. The van der Waals surface area contributed by atoms with Crippen LogP contribution in [0.25, 0.3) is 0 Å². The molecule has 0 aliphatic carbocycles. The lowest BCUT2D eigenvalue weighted by Gasteiger charge is -2.34. The van der Waals surface area contributed by atoms with Crippen molar-refractivity contribution in [2.24, 2.45) is 0 Å². The van der Waals surface area contributed by atoms with Gasteiger partial charge in [0.1, 0.15) is 0 Å². The SMILES string of the molecule is Cc1[nH]ncc1CNC1(C)CCOCC1. The van der Waals surface area contributed by atoms with Gasteiger partial charge in [-0.1, -0.05) is 0 Å². The summed E-state index contributed by atoms with van der Waals surface area (Å²) < 4.78 is 5.37. The molecule has 0 spiro atoms. The van der Waals surface area contributed by atoms with Crippen LogP contribution in [0.3, 0.4) is 0 Å². The number of ether oxygens (including phenoxy) is 1. The third-order valence-electron chi connectivity index (χ3n) is 3.24. The molecule has 0 saturated carbocycles. The Bertz CT molecular complexity index is 315. The zero-order chi connectivity index (χ0) is 10.7. The first kappa shape index (κ1) is 10.6. The van der Waals surface area contributed by atoms with Crippen molar-refractivity contribution in [2.45, 2.75) is 38.8 Å². The van der Waals surface area contributed by atoms with Gasteiger partial charge in [0.05, 0.1) is 6.20 Å². The van der Waals surface area contributed by atoms with Gasteiger partial charge in [-0.05, 0) is 26.7 Å². The highest BCUT2D eigenvalue weighted by atomic mass is 16.5. The van der Waals surface area contributed by atoms with Gasteiger partial charge < -0.3 is 10.1 Å². The van der Waals surface area contributed by atoms with Gasteiger partial charge in [0.15, 0.2) is 0 Å². The Morgan fingerprint density at radius 1 is 1.53 bits per heavy atom. The van der Waals surface area contributed by atoms with Crippen molar-refractivity contribution in [1.82, 2.24) is 15.5 Å². The Morgan fingerprint density at radius 2 is 2.27 bits per heavy atom. The summed E-state index contributed by atoms with van der Waals surface area (Å²) in [6, 6.07) is 0. The zero-order valence-corrected chi connectivity index (χ0v) is 9.47. The predicted molar refractivity (Wildman–Crippen MR) is 58.6 cm³/mol. The van der Waals surface area contributed by atoms with Gasteiger partial charge in [0, 0.05) is 36.6 Å². The third kappa shape index (κ3) is 2.58. The number of rotatable bonds is 3. The van der Waals surface area contributed by atoms with E-state index in [1.807, 2.05) is 6.20 Å². The summed E-state index contributed by atoms with van der Waals surface area (Å²) in [7, 11) is 0. The van der Waals surface area contributed by atoms with Gasteiger partial charge in [-0.15, -0.1) is 0 Å². The first-order chi connectivity index (χ1) is 7.20. The van der Waals surface area contributed by atoms with Crippen LogP contribution in [0.5, 0.6) is 0 Å². The number of hydrogen-bond acceptors (Lipinski definition) is 3. The standard InChI is InChI=1S/C11H19N3O/c1-9-10(8-13-14-9)7-12-11(2)3-5-15-6-4-11/h8,12H,3-7H2,1-2H3,(H,13,14). The lowest BCUT2D eigenvalue weighted by atomic mass is 9.92. The Balaban J connectivity index is 1.89. The van der Waals surface area contributed by atoms with Crippen molar-refractivity contribution >= 4 is 0 Å². The van der Waals surface area contributed by atoms with E-state index in [1.54, 1.807) is 0 Å². The molecule has 15 heavy (non-hydrogen) atoms. The van der Waals surface area contributed by atoms with E-state index in [0.29, 0.717) is 0 Å². The highest BCUT2D eigenvalue weighted by Crippen LogP contribution is 2.20. The summed E-state index contributed by atoms with van der Waals surface area (Å²) in [6.45, 7) is 6.95. The summed E-state index contributed by atoms with van der Waals surface area (Å²) in [6.07, 6.45) is 4.07. The van der Waals surface area contributed by atoms with Crippen LogP contribution in [0.15, 0.2) is 6.20 Å². The number of aromatic nitrogens is 2. The highest BCUT2D eigenvalue weighted by molar-refractivity contribution is 5.14. The number of aryl methyl sites for hydroxylation is 1. The molecule has 4 heteroatoms. The molecule has 0 aromatic carbocycles. The average molecular weight is 209 g/mol.